The van der Waals surface area contributed by atoms with Crippen molar-refractivity contribution >= 4 is 29.1 Å². The smallest absolute Gasteiger partial charge is 0.336 e. The van der Waals surface area contributed by atoms with E-state index in [0.717, 1.165) is 12.1 Å². The van der Waals surface area contributed by atoms with Gasteiger partial charge in [0, 0.05) is 31.7 Å². The number of hydrogen-bond donors (Lipinski definition) is 1. The predicted molar refractivity (Wildman–Crippen MR) is 116 cm³/mol. The third-order valence-electron chi connectivity index (χ3n) is 5.96. The molecule has 0 aliphatic carbocycles. The summed E-state index contributed by atoms with van der Waals surface area (Å²) in [6.45, 7) is 0.298. The molecule has 0 aromatic heterocycles. The molecule has 186 valence electrons. The van der Waals surface area contributed by atoms with Crippen LogP contribution in [0.3, 0.4) is 0 Å². The van der Waals surface area contributed by atoms with Gasteiger partial charge in [0.15, 0.2) is 11.6 Å². The Morgan fingerprint density at radius 3 is 2.31 bits per heavy atom. The first-order valence-corrected chi connectivity index (χ1v) is 10.8. The molecule has 0 radical (unpaired) electrons. The first-order valence-electron chi connectivity index (χ1n) is 10.8. The second-order valence-electron chi connectivity index (χ2n) is 8.29. The highest BCUT2D eigenvalue weighted by Crippen LogP contribution is 2.37. The van der Waals surface area contributed by atoms with Crippen LogP contribution in [0.25, 0.3) is 0 Å². The van der Waals surface area contributed by atoms with Crippen molar-refractivity contribution < 1.29 is 36.3 Å². The lowest BCUT2D eigenvalue weighted by atomic mass is 10.1. The normalized spacial score (nSPS) is 19.1. The Morgan fingerprint density at radius 2 is 1.66 bits per heavy atom. The van der Waals surface area contributed by atoms with E-state index in [1.54, 1.807) is 11.0 Å². The second kappa shape index (κ2) is 9.61. The van der Waals surface area contributed by atoms with Crippen LogP contribution >= 0.6 is 0 Å². The fraction of sp³-hybridized carbons (Fsp3) is 0.348. The lowest BCUT2D eigenvalue weighted by Crippen LogP contribution is -2.55. The van der Waals surface area contributed by atoms with Crippen molar-refractivity contribution in [3.63, 3.8) is 0 Å². The third kappa shape index (κ3) is 5.26. The first kappa shape index (κ1) is 24.6. The number of amides is 3. The van der Waals surface area contributed by atoms with Crippen LogP contribution in [0.5, 0.6) is 0 Å². The van der Waals surface area contributed by atoms with Gasteiger partial charge in [0.2, 0.25) is 11.8 Å². The van der Waals surface area contributed by atoms with E-state index < -0.39 is 48.0 Å². The van der Waals surface area contributed by atoms with E-state index in [9.17, 15) is 36.3 Å². The van der Waals surface area contributed by atoms with E-state index in [0.29, 0.717) is 4.90 Å². The van der Waals surface area contributed by atoms with Gasteiger partial charge < -0.3 is 10.2 Å². The second-order valence-corrected chi connectivity index (χ2v) is 8.29. The van der Waals surface area contributed by atoms with Crippen LogP contribution in [0, 0.1) is 11.6 Å². The summed E-state index contributed by atoms with van der Waals surface area (Å²) >= 11 is 0. The minimum atomic E-state index is -4.83. The molecule has 4 rings (SSSR count). The molecule has 1 atom stereocenters. The Labute approximate surface area is 197 Å². The summed E-state index contributed by atoms with van der Waals surface area (Å²) in [6.07, 6.45) is -5.76. The molecule has 2 aliphatic rings. The van der Waals surface area contributed by atoms with Crippen LogP contribution in [0.4, 0.5) is 33.3 Å². The highest BCUT2D eigenvalue weighted by atomic mass is 19.4. The molecule has 7 nitrogen and oxygen atoms in total. The highest BCUT2D eigenvalue weighted by Gasteiger charge is 2.49. The average molecular weight is 496 g/mol. The molecule has 2 aromatic carbocycles. The molecule has 1 saturated heterocycles. The average Bonchev–Trinajstić information content (AvgIpc) is 2.96. The van der Waals surface area contributed by atoms with Crippen molar-refractivity contribution in [2.45, 2.75) is 18.6 Å². The standard InChI is InChI=1S/C23H21F5N4O3/c24-15-6-5-14(11-16(15)25)22(35)31-9-7-30(8-10-31)13-21(34)32-18-4-2-1-3-17(18)29-20(33)12-19(32)23(26,27)28/h1-6,11,19H,7-10,12-13H2,(H,29,33). The number of nitrogens with zero attached hydrogens (tertiary/aromatic N) is 3. The van der Waals surface area contributed by atoms with E-state index in [2.05, 4.69) is 5.32 Å². The summed E-state index contributed by atoms with van der Waals surface area (Å²) in [7, 11) is 0. The lowest BCUT2D eigenvalue weighted by molar-refractivity contribution is -0.158. The molecule has 1 fully saturated rings. The van der Waals surface area contributed by atoms with Gasteiger partial charge in [-0.15, -0.1) is 0 Å². The number of benzene rings is 2. The van der Waals surface area contributed by atoms with E-state index in [1.807, 2.05) is 0 Å². The predicted octanol–water partition coefficient (Wildman–Crippen LogP) is 3.03. The number of halogens is 5. The molecule has 3 amide bonds. The van der Waals surface area contributed by atoms with Crippen molar-refractivity contribution in [1.82, 2.24) is 9.80 Å². The van der Waals surface area contributed by atoms with E-state index >= 15 is 0 Å². The summed E-state index contributed by atoms with van der Waals surface area (Å²) in [4.78, 5) is 41.4. The van der Waals surface area contributed by atoms with E-state index in [-0.39, 0.29) is 49.7 Å². The Kier molecular flexibility index (Phi) is 6.75. The Morgan fingerprint density at radius 1 is 0.971 bits per heavy atom. The Bertz CT molecular complexity index is 1150. The summed E-state index contributed by atoms with van der Waals surface area (Å²) in [5.74, 6) is -4.42. The molecule has 2 aromatic rings. The SMILES string of the molecule is O=C1CC(C(F)(F)F)N(C(=O)CN2CCN(C(=O)c3ccc(F)c(F)c3)CC2)c2ccccc2N1. The van der Waals surface area contributed by atoms with Gasteiger partial charge in [-0.25, -0.2) is 8.78 Å². The minimum Gasteiger partial charge on any atom is -0.336 e. The van der Waals surface area contributed by atoms with Crippen LogP contribution in [-0.4, -0.2) is 72.5 Å². The molecule has 35 heavy (non-hydrogen) atoms. The maximum atomic E-state index is 13.9. The third-order valence-corrected chi connectivity index (χ3v) is 5.96. The first-order chi connectivity index (χ1) is 16.5. The fourth-order valence-corrected chi connectivity index (χ4v) is 4.18. The number of anilines is 2. The van der Waals surface area contributed by atoms with Crippen LogP contribution in [0.1, 0.15) is 16.8 Å². The van der Waals surface area contributed by atoms with Crippen LogP contribution in [-0.2, 0) is 9.59 Å². The summed E-state index contributed by atoms with van der Waals surface area (Å²) in [5.41, 5.74) is 0.0390. The molecule has 0 saturated carbocycles. The number of hydrogen-bond acceptors (Lipinski definition) is 4. The van der Waals surface area contributed by atoms with Crippen molar-refractivity contribution in [1.29, 1.82) is 0 Å². The highest BCUT2D eigenvalue weighted by molar-refractivity contribution is 6.05. The van der Waals surface area contributed by atoms with Gasteiger partial charge in [0.25, 0.3) is 5.91 Å². The van der Waals surface area contributed by atoms with Crippen LogP contribution in [0.15, 0.2) is 42.5 Å². The number of nitrogens with one attached hydrogen (secondary N) is 1. The zero-order valence-corrected chi connectivity index (χ0v) is 18.3. The Balaban J connectivity index is 1.46. The number of piperazine rings is 1. The zero-order valence-electron chi connectivity index (χ0n) is 18.3. The number of fused-ring (bicyclic) bond motifs is 1. The summed E-state index contributed by atoms with van der Waals surface area (Å²) in [6, 6.07) is 6.29. The maximum absolute atomic E-state index is 13.9. The Hall–Kier alpha value is -3.54. The molecule has 12 heteroatoms. The van der Waals surface area contributed by atoms with Crippen molar-refractivity contribution in [3.05, 3.63) is 59.7 Å². The van der Waals surface area contributed by atoms with Crippen molar-refractivity contribution in [3.8, 4) is 0 Å². The summed E-state index contributed by atoms with van der Waals surface area (Å²) < 4.78 is 68.2. The molecule has 1 unspecified atom stereocenters. The maximum Gasteiger partial charge on any atom is 0.409 e. The van der Waals surface area contributed by atoms with Crippen molar-refractivity contribution in [2.75, 3.05) is 42.9 Å². The van der Waals surface area contributed by atoms with Crippen molar-refractivity contribution in [2.24, 2.45) is 0 Å². The van der Waals surface area contributed by atoms with Gasteiger partial charge in [-0.2, -0.15) is 13.2 Å². The largest absolute Gasteiger partial charge is 0.409 e. The molecule has 1 N–H and O–H groups in total. The number of carbonyl (C=O) groups excluding carboxylic acids is 3. The lowest BCUT2D eigenvalue weighted by Gasteiger charge is -2.37. The van der Waals surface area contributed by atoms with Gasteiger partial charge in [-0.05, 0) is 30.3 Å². The van der Waals surface area contributed by atoms with Gasteiger partial charge >= 0.3 is 6.18 Å². The van der Waals surface area contributed by atoms with Crippen LogP contribution in [0.2, 0.25) is 0 Å². The molecule has 0 spiro atoms. The number of carbonyl (C=O) groups is 3. The van der Waals surface area contributed by atoms with Crippen LogP contribution < -0.4 is 10.2 Å². The topological polar surface area (TPSA) is 73.0 Å². The molecule has 0 bridgehead atoms. The fourth-order valence-electron chi connectivity index (χ4n) is 4.18. The molecule has 2 heterocycles. The monoisotopic (exact) mass is 496 g/mol. The van der Waals surface area contributed by atoms with Gasteiger partial charge in [0.05, 0.1) is 24.3 Å². The van der Waals surface area contributed by atoms with Gasteiger partial charge in [-0.3, -0.25) is 24.2 Å². The number of rotatable bonds is 3. The van der Waals surface area contributed by atoms with E-state index in [1.165, 1.54) is 29.2 Å². The molecule has 2 aliphatic heterocycles. The van der Waals surface area contributed by atoms with Gasteiger partial charge in [-0.1, -0.05) is 12.1 Å². The molecular formula is C23H21F5N4O3. The minimum absolute atomic E-state index is 0.0280. The van der Waals surface area contributed by atoms with Gasteiger partial charge in [0.1, 0.15) is 6.04 Å². The quantitative estimate of drug-likeness (QED) is 0.664. The molecular weight excluding hydrogens is 475 g/mol. The number of para-hydroxylation sites is 2. The summed E-state index contributed by atoms with van der Waals surface area (Å²) in [5, 5.41) is 2.41. The number of alkyl halides is 3. The van der Waals surface area contributed by atoms with E-state index in [4.69, 9.17) is 0 Å². The zero-order chi connectivity index (χ0) is 25.3.